The van der Waals surface area contributed by atoms with E-state index in [2.05, 4.69) is 22.0 Å². The summed E-state index contributed by atoms with van der Waals surface area (Å²) >= 11 is 0. The van der Waals surface area contributed by atoms with Gasteiger partial charge in [0.25, 0.3) is 11.6 Å². The summed E-state index contributed by atoms with van der Waals surface area (Å²) in [6.45, 7) is 2.87. The molecule has 2 aliphatic rings. The summed E-state index contributed by atoms with van der Waals surface area (Å²) in [5.41, 5.74) is 4.63. The zero-order valence-corrected chi connectivity index (χ0v) is 16.8. The van der Waals surface area contributed by atoms with Gasteiger partial charge in [0.05, 0.1) is 16.2 Å². The maximum atomic E-state index is 13.6. The van der Waals surface area contributed by atoms with Crippen LogP contribution in [-0.4, -0.2) is 40.3 Å². The number of hydrogen-bond donors (Lipinski definition) is 1. The quantitative estimate of drug-likeness (QED) is 0.522. The number of carbonyl (C=O) groups is 1. The first-order valence-corrected chi connectivity index (χ1v) is 10.5. The number of rotatable bonds is 3. The van der Waals surface area contributed by atoms with E-state index >= 15 is 0 Å². The van der Waals surface area contributed by atoms with Crippen molar-refractivity contribution >= 4 is 28.2 Å². The maximum absolute atomic E-state index is 13.6. The summed E-state index contributed by atoms with van der Waals surface area (Å²) in [6.07, 6.45) is 4.09. The Morgan fingerprint density at radius 3 is 2.63 bits per heavy atom. The standard InChI is InChI=1S/C23H24N4O3/c28-23(26-13-10-21-19(15-26)17-6-2-3-7-20(17)24-21)18-14-16(27(29)30)8-9-22(18)25-11-4-1-5-12-25/h2-3,6-9,14,24H,1,4-5,10-13,15H2. The molecule has 2 aromatic carbocycles. The van der Waals surface area contributed by atoms with Gasteiger partial charge in [0.2, 0.25) is 0 Å². The Labute approximate surface area is 174 Å². The SMILES string of the molecule is O=C(c1cc([N+](=O)[O-])ccc1N1CCCCC1)N1CCc2[nH]c3ccccc3c2C1. The van der Waals surface area contributed by atoms with E-state index in [4.69, 9.17) is 0 Å². The first kappa shape index (κ1) is 18.7. The van der Waals surface area contributed by atoms with Crippen LogP contribution < -0.4 is 4.90 Å². The van der Waals surface area contributed by atoms with Gasteiger partial charge >= 0.3 is 0 Å². The molecule has 3 aromatic rings. The minimum absolute atomic E-state index is 0.0381. The number of nitro groups is 1. The average molecular weight is 404 g/mol. The number of hydrogen-bond acceptors (Lipinski definition) is 4. The largest absolute Gasteiger partial charge is 0.371 e. The first-order valence-electron chi connectivity index (χ1n) is 10.5. The maximum Gasteiger partial charge on any atom is 0.270 e. The monoisotopic (exact) mass is 404 g/mol. The van der Waals surface area contributed by atoms with Crippen LogP contribution in [-0.2, 0) is 13.0 Å². The lowest BCUT2D eigenvalue weighted by Crippen LogP contribution is -2.37. The molecule has 2 aliphatic heterocycles. The van der Waals surface area contributed by atoms with Gasteiger partial charge in [-0.05, 0) is 31.4 Å². The molecule has 1 N–H and O–H groups in total. The predicted molar refractivity (Wildman–Crippen MR) is 116 cm³/mol. The molecule has 7 heteroatoms. The lowest BCUT2D eigenvalue weighted by Gasteiger charge is -2.32. The van der Waals surface area contributed by atoms with E-state index < -0.39 is 4.92 Å². The van der Waals surface area contributed by atoms with Crippen LogP contribution in [0.15, 0.2) is 42.5 Å². The highest BCUT2D eigenvalue weighted by molar-refractivity contribution is 6.01. The van der Waals surface area contributed by atoms with Crippen molar-refractivity contribution in [2.45, 2.75) is 32.2 Å². The summed E-state index contributed by atoms with van der Waals surface area (Å²) in [7, 11) is 0. The molecule has 0 spiro atoms. The Morgan fingerprint density at radius 1 is 1.03 bits per heavy atom. The molecular weight excluding hydrogens is 380 g/mol. The summed E-state index contributed by atoms with van der Waals surface area (Å²) in [6, 6.07) is 12.8. The molecule has 7 nitrogen and oxygen atoms in total. The van der Waals surface area contributed by atoms with E-state index in [1.54, 1.807) is 6.07 Å². The van der Waals surface area contributed by atoms with E-state index in [-0.39, 0.29) is 11.6 Å². The fourth-order valence-corrected chi connectivity index (χ4v) is 4.73. The van der Waals surface area contributed by atoms with Crippen LogP contribution in [0.1, 0.15) is 40.9 Å². The Hall–Kier alpha value is -3.35. The van der Waals surface area contributed by atoms with Crippen LogP contribution in [0, 0.1) is 10.1 Å². The third-order valence-electron chi connectivity index (χ3n) is 6.29. The molecule has 0 saturated carbocycles. The number of para-hydroxylation sites is 1. The molecule has 0 aliphatic carbocycles. The van der Waals surface area contributed by atoms with E-state index in [1.165, 1.54) is 24.2 Å². The van der Waals surface area contributed by atoms with Gasteiger partial charge < -0.3 is 14.8 Å². The lowest BCUT2D eigenvalue weighted by molar-refractivity contribution is -0.384. The molecule has 1 fully saturated rings. The number of fused-ring (bicyclic) bond motifs is 3. The zero-order valence-electron chi connectivity index (χ0n) is 16.8. The number of nitrogens with one attached hydrogen (secondary N) is 1. The average Bonchev–Trinajstić information content (AvgIpc) is 3.16. The lowest BCUT2D eigenvalue weighted by atomic mass is 10.0. The van der Waals surface area contributed by atoms with Crippen LogP contribution in [0.3, 0.4) is 0 Å². The van der Waals surface area contributed by atoms with Gasteiger partial charge in [-0.1, -0.05) is 18.2 Å². The Bertz CT molecular complexity index is 1130. The Balaban J connectivity index is 1.50. The number of aromatic amines is 1. The van der Waals surface area contributed by atoms with Crippen molar-refractivity contribution in [3.05, 3.63) is 69.4 Å². The summed E-state index contributed by atoms with van der Waals surface area (Å²) in [5.74, 6) is -0.129. The van der Waals surface area contributed by atoms with E-state index in [1.807, 2.05) is 17.0 Å². The molecule has 0 unspecified atom stereocenters. The topological polar surface area (TPSA) is 82.5 Å². The highest BCUT2D eigenvalue weighted by Crippen LogP contribution is 2.32. The van der Waals surface area contributed by atoms with E-state index in [0.29, 0.717) is 18.7 Å². The van der Waals surface area contributed by atoms with Crippen LogP contribution in [0.4, 0.5) is 11.4 Å². The number of non-ortho nitro benzene ring substituents is 1. The number of benzene rings is 2. The molecule has 0 bridgehead atoms. The molecule has 30 heavy (non-hydrogen) atoms. The number of anilines is 1. The minimum atomic E-state index is -0.426. The van der Waals surface area contributed by atoms with Gasteiger partial charge in [0, 0.05) is 66.9 Å². The number of aromatic nitrogens is 1. The summed E-state index contributed by atoms with van der Waals surface area (Å²) < 4.78 is 0. The number of nitro benzene ring substituents is 1. The van der Waals surface area contributed by atoms with E-state index in [0.717, 1.165) is 54.5 Å². The van der Waals surface area contributed by atoms with Crippen molar-refractivity contribution in [1.82, 2.24) is 9.88 Å². The molecule has 1 saturated heterocycles. The van der Waals surface area contributed by atoms with Crippen molar-refractivity contribution < 1.29 is 9.72 Å². The second-order valence-electron chi connectivity index (χ2n) is 8.11. The van der Waals surface area contributed by atoms with Crippen molar-refractivity contribution in [2.24, 2.45) is 0 Å². The number of amides is 1. The van der Waals surface area contributed by atoms with Gasteiger partial charge in [-0.2, -0.15) is 0 Å². The first-order chi connectivity index (χ1) is 14.6. The normalized spacial score (nSPS) is 16.5. The number of carbonyl (C=O) groups excluding carboxylic acids is 1. The molecule has 5 rings (SSSR count). The second kappa shape index (κ2) is 7.48. The molecule has 1 aromatic heterocycles. The molecular formula is C23H24N4O3. The molecule has 0 atom stereocenters. The van der Waals surface area contributed by atoms with Crippen LogP contribution >= 0.6 is 0 Å². The summed E-state index contributed by atoms with van der Waals surface area (Å²) in [5, 5.41) is 12.5. The van der Waals surface area contributed by atoms with Gasteiger partial charge in [0.1, 0.15) is 0 Å². The van der Waals surface area contributed by atoms with Crippen LogP contribution in [0.2, 0.25) is 0 Å². The summed E-state index contributed by atoms with van der Waals surface area (Å²) in [4.78, 5) is 32.0. The highest BCUT2D eigenvalue weighted by atomic mass is 16.6. The molecule has 1 amide bonds. The number of H-pyrrole nitrogens is 1. The van der Waals surface area contributed by atoms with Crippen molar-refractivity contribution in [1.29, 1.82) is 0 Å². The Morgan fingerprint density at radius 2 is 1.83 bits per heavy atom. The van der Waals surface area contributed by atoms with Crippen LogP contribution in [0.25, 0.3) is 10.9 Å². The smallest absolute Gasteiger partial charge is 0.270 e. The third kappa shape index (κ3) is 3.20. The fourth-order valence-electron chi connectivity index (χ4n) is 4.73. The molecule has 0 radical (unpaired) electrons. The van der Waals surface area contributed by atoms with Crippen molar-refractivity contribution in [3.8, 4) is 0 Å². The fraction of sp³-hybridized carbons (Fsp3) is 0.348. The third-order valence-corrected chi connectivity index (χ3v) is 6.29. The molecule has 154 valence electrons. The number of piperidine rings is 1. The van der Waals surface area contributed by atoms with Crippen molar-refractivity contribution in [3.63, 3.8) is 0 Å². The van der Waals surface area contributed by atoms with Gasteiger partial charge in [-0.3, -0.25) is 14.9 Å². The van der Waals surface area contributed by atoms with Crippen LogP contribution in [0.5, 0.6) is 0 Å². The molecule has 3 heterocycles. The van der Waals surface area contributed by atoms with E-state index in [9.17, 15) is 14.9 Å². The number of nitrogens with zero attached hydrogens (tertiary/aromatic N) is 3. The van der Waals surface area contributed by atoms with Gasteiger partial charge in [0.15, 0.2) is 0 Å². The Kier molecular flexibility index (Phi) is 4.65. The van der Waals surface area contributed by atoms with Gasteiger partial charge in [-0.15, -0.1) is 0 Å². The predicted octanol–water partition coefficient (Wildman–Crippen LogP) is 4.26. The zero-order chi connectivity index (χ0) is 20.7. The second-order valence-corrected chi connectivity index (χ2v) is 8.11. The highest BCUT2D eigenvalue weighted by Gasteiger charge is 2.29. The van der Waals surface area contributed by atoms with Gasteiger partial charge in [-0.25, -0.2) is 0 Å². The minimum Gasteiger partial charge on any atom is -0.371 e. The van der Waals surface area contributed by atoms with Crippen molar-refractivity contribution in [2.75, 3.05) is 24.5 Å².